The zero-order valence-electron chi connectivity index (χ0n) is 16.3. The number of carbonyl (C=O) groups is 5. The van der Waals surface area contributed by atoms with E-state index in [1.54, 1.807) is 13.8 Å². The monoisotopic (exact) mass is 435 g/mol. The molecule has 0 fully saturated rings. The van der Waals surface area contributed by atoms with Crippen molar-refractivity contribution in [3.63, 3.8) is 0 Å². The zero-order chi connectivity index (χ0) is 22.7. The van der Waals surface area contributed by atoms with Gasteiger partial charge in [-0.3, -0.25) is 19.2 Å². The van der Waals surface area contributed by atoms with Crippen LogP contribution in [0.25, 0.3) is 0 Å². The lowest BCUT2D eigenvalue weighted by atomic mass is 9.97. The average Bonchev–Trinajstić information content (AvgIpc) is 2.67. The Morgan fingerprint density at radius 2 is 1.55 bits per heavy atom. The summed E-state index contributed by atoms with van der Waals surface area (Å²) in [4.78, 5) is 59.1. The number of nitrogens with two attached hydrogens (primary N) is 2. The number of hydrogen-bond donors (Lipinski definition) is 8. The van der Waals surface area contributed by atoms with Crippen LogP contribution in [0.4, 0.5) is 0 Å². The number of aliphatic hydroxyl groups is 1. The molecule has 12 nitrogen and oxygen atoms in total. The smallest absolute Gasteiger partial charge is 0.326 e. The van der Waals surface area contributed by atoms with Gasteiger partial charge < -0.3 is 37.6 Å². The maximum Gasteiger partial charge on any atom is 0.326 e. The maximum atomic E-state index is 12.6. The van der Waals surface area contributed by atoms with E-state index in [2.05, 4.69) is 28.6 Å². The second-order valence-corrected chi connectivity index (χ2v) is 6.84. The minimum atomic E-state index is -1.55. The van der Waals surface area contributed by atoms with Gasteiger partial charge in [-0.15, -0.1) is 0 Å². The van der Waals surface area contributed by atoms with E-state index in [-0.39, 0.29) is 5.75 Å². The number of carbonyl (C=O) groups excluding carboxylic acids is 4. The molecule has 9 N–H and O–H groups in total. The molecule has 0 rings (SSSR count). The van der Waals surface area contributed by atoms with Gasteiger partial charge in [0.1, 0.15) is 24.2 Å². The fourth-order valence-electron chi connectivity index (χ4n) is 2.17. The lowest BCUT2D eigenvalue weighted by Crippen LogP contribution is -2.59. The fourth-order valence-corrected chi connectivity index (χ4v) is 2.43. The number of aliphatic hydroxyl groups excluding tert-OH is 1. The van der Waals surface area contributed by atoms with Gasteiger partial charge in [0, 0.05) is 5.75 Å². The number of aliphatic carboxylic acids is 1. The second kappa shape index (κ2) is 13.0. The number of hydrogen-bond acceptors (Lipinski definition) is 8. The summed E-state index contributed by atoms with van der Waals surface area (Å²) in [5, 5.41) is 25.0. The van der Waals surface area contributed by atoms with Crippen LogP contribution in [-0.4, -0.2) is 76.3 Å². The predicted octanol–water partition coefficient (Wildman–Crippen LogP) is -3.30. The largest absolute Gasteiger partial charge is 0.480 e. The molecule has 0 aromatic heterocycles. The summed E-state index contributed by atoms with van der Waals surface area (Å²) in [6, 6.07) is -5.08. The topological polar surface area (TPSA) is 214 Å². The van der Waals surface area contributed by atoms with Gasteiger partial charge in [-0.1, -0.05) is 20.3 Å². The van der Waals surface area contributed by atoms with E-state index in [0.29, 0.717) is 6.42 Å². The summed E-state index contributed by atoms with van der Waals surface area (Å²) >= 11 is 3.99. The van der Waals surface area contributed by atoms with Crippen molar-refractivity contribution in [2.75, 3.05) is 12.4 Å². The van der Waals surface area contributed by atoms with Gasteiger partial charge in [-0.05, 0) is 5.92 Å². The van der Waals surface area contributed by atoms with Crippen molar-refractivity contribution in [2.24, 2.45) is 17.4 Å². The Kier molecular flexibility index (Phi) is 11.9. The Bertz CT molecular complexity index is 618. The van der Waals surface area contributed by atoms with Gasteiger partial charge >= 0.3 is 5.97 Å². The maximum absolute atomic E-state index is 12.6. The van der Waals surface area contributed by atoms with Gasteiger partial charge in [0.2, 0.25) is 23.6 Å². The molecule has 0 aliphatic heterocycles. The summed E-state index contributed by atoms with van der Waals surface area (Å²) in [5.74, 6) is -5.25. The Hall–Kier alpha value is -2.38. The molecule has 0 spiro atoms. The van der Waals surface area contributed by atoms with Crippen molar-refractivity contribution in [1.29, 1.82) is 0 Å². The first-order valence-corrected chi connectivity index (χ1v) is 9.51. The molecule has 0 saturated heterocycles. The molecule has 0 bridgehead atoms. The minimum Gasteiger partial charge on any atom is -0.480 e. The third-order valence-electron chi connectivity index (χ3n) is 4.16. The highest BCUT2D eigenvalue weighted by atomic mass is 32.1. The van der Waals surface area contributed by atoms with E-state index >= 15 is 0 Å². The molecular formula is C16H29N5O7S. The van der Waals surface area contributed by atoms with Crippen LogP contribution >= 0.6 is 12.6 Å². The molecule has 0 aliphatic rings. The van der Waals surface area contributed by atoms with Gasteiger partial charge in [0.05, 0.1) is 13.0 Å². The number of nitrogens with one attached hydrogen (secondary N) is 3. The third kappa shape index (κ3) is 9.11. The Morgan fingerprint density at radius 3 is 1.97 bits per heavy atom. The van der Waals surface area contributed by atoms with Crippen molar-refractivity contribution in [3.05, 3.63) is 0 Å². The number of carboxylic acid groups (broad SMARTS) is 1. The van der Waals surface area contributed by atoms with E-state index in [1.165, 1.54) is 0 Å². The van der Waals surface area contributed by atoms with Gasteiger partial charge in [0.15, 0.2) is 0 Å². The van der Waals surface area contributed by atoms with Crippen LogP contribution < -0.4 is 27.4 Å². The number of primary amides is 1. The van der Waals surface area contributed by atoms with E-state index in [0.717, 1.165) is 0 Å². The van der Waals surface area contributed by atoms with Crippen molar-refractivity contribution in [2.45, 2.75) is 50.9 Å². The molecule has 4 amide bonds. The van der Waals surface area contributed by atoms with Crippen molar-refractivity contribution < 1.29 is 34.2 Å². The normalized spacial score (nSPS) is 15.9. The van der Waals surface area contributed by atoms with E-state index in [9.17, 15) is 24.0 Å². The summed E-state index contributed by atoms with van der Waals surface area (Å²) in [6.45, 7) is 2.79. The predicted molar refractivity (Wildman–Crippen MR) is 106 cm³/mol. The highest BCUT2D eigenvalue weighted by Crippen LogP contribution is 2.09. The molecule has 0 radical (unpaired) electrons. The Labute approximate surface area is 173 Å². The summed E-state index contributed by atoms with van der Waals surface area (Å²) < 4.78 is 0. The van der Waals surface area contributed by atoms with Crippen LogP contribution in [0.3, 0.4) is 0 Å². The van der Waals surface area contributed by atoms with Crippen LogP contribution in [0.2, 0.25) is 0 Å². The molecule has 0 saturated carbocycles. The zero-order valence-corrected chi connectivity index (χ0v) is 17.1. The molecule has 5 atom stereocenters. The molecule has 0 heterocycles. The molecule has 166 valence electrons. The van der Waals surface area contributed by atoms with Crippen molar-refractivity contribution >= 4 is 42.2 Å². The van der Waals surface area contributed by atoms with Crippen LogP contribution in [0, 0.1) is 5.92 Å². The summed E-state index contributed by atoms with van der Waals surface area (Å²) in [7, 11) is 0. The quantitative estimate of drug-likeness (QED) is 0.137. The summed E-state index contributed by atoms with van der Waals surface area (Å²) in [5.41, 5.74) is 10.4. The minimum absolute atomic E-state index is 0.121. The van der Waals surface area contributed by atoms with Crippen molar-refractivity contribution in [1.82, 2.24) is 16.0 Å². The van der Waals surface area contributed by atoms with E-state index in [1.807, 2.05) is 0 Å². The van der Waals surface area contributed by atoms with E-state index in [4.69, 9.17) is 21.7 Å². The first-order valence-electron chi connectivity index (χ1n) is 8.87. The standard InChI is InChI=1S/C16H29N5O7S/c1-3-7(2)12(15(26)19-9(16(27)28)4-11(18)23)21-14(25)10(6-29)20-13(24)8(17)5-22/h7-10,12,22,29H,3-6,17H2,1-2H3,(H2,18,23)(H,19,26)(H,20,24)(H,21,25)(H,27,28). The Morgan fingerprint density at radius 1 is 1.00 bits per heavy atom. The highest BCUT2D eigenvalue weighted by molar-refractivity contribution is 7.80. The Balaban J connectivity index is 5.33. The van der Waals surface area contributed by atoms with Gasteiger partial charge in [-0.2, -0.15) is 12.6 Å². The number of carboxylic acids is 1. The van der Waals surface area contributed by atoms with Gasteiger partial charge in [0.25, 0.3) is 0 Å². The molecule has 5 unspecified atom stereocenters. The SMILES string of the molecule is CCC(C)C(NC(=O)C(CS)NC(=O)C(N)CO)C(=O)NC(CC(N)=O)C(=O)O. The number of rotatable bonds is 13. The molecule has 29 heavy (non-hydrogen) atoms. The average molecular weight is 436 g/mol. The third-order valence-corrected chi connectivity index (χ3v) is 4.53. The highest BCUT2D eigenvalue weighted by Gasteiger charge is 2.32. The molecule has 0 aromatic rings. The van der Waals surface area contributed by atoms with Crippen LogP contribution in [0.5, 0.6) is 0 Å². The van der Waals surface area contributed by atoms with Crippen molar-refractivity contribution in [3.8, 4) is 0 Å². The molecular weight excluding hydrogens is 406 g/mol. The molecule has 0 aliphatic carbocycles. The number of thiol groups is 1. The number of amides is 4. The molecule has 0 aromatic carbocycles. The van der Waals surface area contributed by atoms with Gasteiger partial charge in [-0.25, -0.2) is 4.79 Å². The first-order chi connectivity index (χ1) is 13.5. The second-order valence-electron chi connectivity index (χ2n) is 6.47. The lowest BCUT2D eigenvalue weighted by molar-refractivity contribution is -0.144. The van der Waals surface area contributed by atoms with Crippen LogP contribution in [-0.2, 0) is 24.0 Å². The van der Waals surface area contributed by atoms with Crippen LogP contribution in [0.15, 0.2) is 0 Å². The fraction of sp³-hybridized carbons (Fsp3) is 0.688. The summed E-state index contributed by atoms with van der Waals surface area (Å²) in [6.07, 6.45) is -0.157. The lowest BCUT2D eigenvalue weighted by Gasteiger charge is -2.27. The van der Waals surface area contributed by atoms with Crippen LogP contribution in [0.1, 0.15) is 26.7 Å². The van der Waals surface area contributed by atoms with E-state index < -0.39 is 72.7 Å². The first kappa shape index (κ1) is 26.6. The molecule has 13 heteroatoms.